The third kappa shape index (κ3) is 4.43. The smallest absolute Gasteiger partial charge is 0.251 e. The molecule has 2 heterocycles. The summed E-state index contributed by atoms with van der Waals surface area (Å²) in [7, 11) is 0. The molecule has 0 aliphatic carbocycles. The van der Waals surface area contributed by atoms with Gasteiger partial charge in [0, 0.05) is 43.2 Å². The molecule has 5 nitrogen and oxygen atoms in total. The largest absolute Gasteiger partial charge is 0.351 e. The maximum absolute atomic E-state index is 12.5. The molecule has 4 rings (SSSR count). The van der Waals surface area contributed by atoms with E-state index in [1.807, 2.05) is 24.3 Å². The summed E-state index contributed by atoms with van der Waals surface area (Å²) < 4.78 is 0. The molecule has 2 aromatic carbocycles. The van der Waals surface area contributed by atoms with E-state index >= 15 is 0 Å². The Balaban J connectivity index is 1.28. The summed E-state index contributed by atoms with van der Waals surface area (Å²) in [5.74, 6) is 1.16. The Kier molecular flexibility index (Phi) is 5.73. The number of hydrogen-bond donors (Lipinski definition) is 1. The van der Waals surface area contributed by atoms with Crippen LogP contribution in [0.25, 0.3) is 11.4 Å². The third-order valence-corrected chi connectivity index (χ3v) is 5.21. The second kappa shape index (κ2) is 8.76. The molecule has 1 aliphatic heterocycles. The van der Waals surface area contributed by atoms with Gasteiger partial charge in [-0.3, -0.25) is 4.79 Å². The van der Waals surface area contributed by atoms with Crippen molar-refractivity contribution in [3.8, 4) is 11.4 Å². The number of likely N-dealkylation sites (tertiary alicyclic amines) is 1. The lowest BCUT2D eigenvalue weighted by atomic mass is 9.99. The first-order valence-electron chi connectivity index (χ1n) is 9.72. The van der Waals surface area contributed by atoms with Crippen LogP contribution in [-0.4, -0.2) is 47.0 Å². The van der Waals surface area contributed by atoms with Gasteiger partial charge in [-0.05, 0) is 42.6 Å². The average Bonchev–Trinajstić information content (AvgIpc) is 3.24. The number of nitrogens with zero attached hydrogens (tertiary/aromatic N) is 3. The fourth-order valence-corrected chi connectivity index (χ4v) is 3.71. The van der Waals surface area contributed by atoms with Gasteiger partial charge >= 0.3 is 0 Å². The molecule has 3 aromatic rings. The van der Waals surface area contributed by atoms with E-state index in [0.29, 0.717) is 23.9 Å². The van der Waals surface area contributed by atoms with Crippen LogP contribution in [0.15, 0.2) is 73.1 Å². The van der Waals surface area contributed by atoms with Crippen molar-refractivity contribution >= 4 is 5.91 Å². The standard InChI is InChI=1S/C23H24N4O/c28-23(20-9-4-8-19(16-20)22-24-11-5-12-25-22)26-13-15-27-14-10-21(17-27)18-6-2-1-3-7-18/h1-9,11-12,16,21H,10,13-15,17H2,(H,26,28)/t21-/m1/s1. The Labute approximate surface area is 165 Å². The van der Waals surface area contributed by atoms with Crippen LogP contribution in [0.1, 0.15) is 28.3 Å². The van der Waals surface area contributed by atoms with Crippen LogP contribution in [0.4, 0.5) is 0 Å². The van der Waals surface area contributed by atoms with Gasteiger partial charge in [0.15, 0.2) is 5.82 Å². The Morgan fingerprint density at radius 3 is 2.68 bits per heavy atom. The highest BCUT2D eigenvalue weighted by atomic mass is 16.1. The number of aromatic nitrogens is 2. The predicted molar refractivity (Wildman–Crippen MR) is 110 cm³/mol. The molecule has 0 radical (unpaired) electrons. The molecule has 1 aliphatic rings. The monoisotopic (exact) mass is 372 g/mol. The van der Waals surface area contributed by atoms with E-state index in [-0.39, 0.29) is 5.91 Å². The average molecular weight is 372 g/mol. The van der Waals surface area contributed by atoms with E-state index in [0.717, 1.165) is 25.2 Å². The first-order valence-corrected chi connectivity index (χ1v) is 9.72. The number of carbonyl (C=O) groups excluding carboxylic acids is 1. The molecule has 0 saturated carbocycles. The molecular weight excluding hydrogens is 348 g/mol. The molecule has 0 unspecified atom stereocenters. The number of carbonyl (C=O) groups is 1. The fourth-order valence-electron chi connectivity index (χ4n) is 3.71. The molecule has 0 spiro atoms. The van der Waals surface area contributed by atoms with Crippen LogP contribution in [-0.2, 0) is 0 Å². The van der Waals surface area contributed by atoms with E-state index in [9.17, 15) is 4.79 Å². The highest BCUT2D eigenvalue weighted by Crippen LogP contribution is 2.26. The lowest BCUT2D eigenvalue weighted by Gasteiger charge is -2.16. The number of nitrogens with one attached hydrogen (secondary N) is 1. The molecule has 142 valence electrons. The molecule has 5 heteroatoms. The van der Waals surface area contributed by atoms with Gasteiger partial charge in [-0.25, -0.2) is 9.97 Å². The normalized spacial score (nSPS) is 16.8. The van der Waals surface area contributed by atoms with Crippen LogP contribution in [0.5, 0.6) is 0 Å². The molecule has 1 fully saturated rings. The maximum Gasteiger partial charge on any atom is 0.251 e. The number of hydrogen-bond acceptors (Lipinski definition) is 4. The minimum Gasteiger partial charge on any atom is -0.351 e. The highest BCUT2D eigenvalue weighted by molar-refractivity contribution is 5.95. The van der Waals surface area contributed by atoms with E-state index in [1.165, 1.54) is 12.0 Å². The molecule has 1 amide bonds. The summed E-state index contributed by atoms with van der Waals surface area (Å²) >= 11 is 0. The number of rotatable bonds is 6. The van der Waals surface area contributed by atoms with E-state index < -0.39 is 0 Å². The molecule has 28 heavy (non-hydrogen) atoms. The van der Waals surface area contributed by atoms with Crippen molar-refractivity contribution < 1.29 is 4.79 Å². The molecule has 1 saturated heterocycles. The molecule has 1 N–H and O–H groups in total. The van der Waals surface area contributed by atoms with E-state index in [1.54, 1.807) is 18.5 Å². The summed E-state index contributed by atoms with van der Waals surface area (Å²) in [5, 5.41) is 3.04. The highest BCUT2D eigenvalue weighted by Gasteiger charge is 2.23. The van der Waals surface area contributed by atoms with Gasteiger partial charge in [0.1, 0.15) is 0 Å². The molecule has 1 aromatic heterocycles. The van der Waals surface area contributed by atoms with Crippen molar-refractivity contribution in [1.29, 1.82) is 0 Å². The SMILES string of the molecule is O=C(NCCN1CC[C@@H](c2ccccc2)C1)c1cccc(-c2ncccn2)c1. The molecular formula is C23H24N4O. The predicted octanol–water partition coefficient (Wildman–Crippen LogP) is 3.36. The van der Waals surface area contributed by atoms with Gasteiger partial charge in [0.2, 0.25) is 0 Å². The number of amides is 1. The minimum atomic E-state index is -0.0587. The van der Waals surface area contributed by atoms with Gasteiger partial charge in [-0.15, -0.1) is 0 Å². The van der Waals surface area contributed by atoms with Gasteiger partial charge in [0.05, 0.1) is 0 Å². The Morgan fingerprint density at radius 1 is 1.04 bits per heavy atom. The van der Waals surface area contributed by atoms with Crippen molar-refractivity contribution in [2.24, 2.45) is 0 Å². The van der Waals surface area contributed by atoms with Crippen molar-refractivity contribution in [2.45, 2.75) is 12.3 Å². The van der Waals surface area contributed by atoms with Crippen LogP contribution >= 0.6 is 0 Å². The Bertz CT molecular complexity index is 914. The van der Waals surface area contributed by atoms with Crippen molar-refractivity contribution in [1.82, 2.24) is 20.2 Å². The first-order chi connectivity index (χ1) is 13.8. The van der Waals surface area contributed by atoms with Crippen molar-refractivity contribution in [2.75, 3.05) is 26.2 Å². The zero-order chi connectivity index (χ0) is 19.2. The van der Waals surface area contributed by atoms with E-state index in [2.05, 4.69) is 50.5 Å². The van der Waals surface area contributed by atoms with Crippen LogP contribution in [0, 0.1) is 0 Å². The van der Waals surface area contributed by atoms with Gasteiger partial charge in [0.25, 0.3) is 5.91 Å². The fraction of sp³-hybridized carbons (Fsp3) is 0.261. The van der Waals surface area contributed by atoms with Crippen LogP contribution < -0.4 is 5.32 Å². The second-order valence-corrected chi connectivity index (χ2v) is 7.11. The van der Waals surface area contributed by atoms with E-state index in [4.69, 9.17) is 0 Å². The summed E-state index contributed by atoms with van der Waals surface area (Å²) in [5.41, 5.74) is 2.89. The van der Waals surface area contributed by atoms with Gasteiger partial charge in [-0.2, -0.15) is 0 Å². The Morgan fingerprint density at radius 2 is 1.86 bits per heavy atom. The zero-order valence-electron chi connectivity index (χ0n) is 15.8. The zero-order valence-corrected chi connectivity index (χ0v) is 15.8. The lowest BCUT2D eigenvalue weighted by molar-refractivity contribution is 0.0949. The molecule has 1 atom stereocenters. The Hall–Kier alpha value is -3.05. The first kappa shape index (κ1) is 18.3. The lowest BCUT2D eigenvalue weighted by Crippen LogP contribution is -2.33. The summed E-state index contributed by atoms with van der Waals surface area (Å²) in [6.07, 6.45) is 4.58. The maximum atomic E-state index is 12.5. The van der Waals surface area contributed by atoms with Crippen molar-refractivity contribution in [3.63, 3.8) is 0 Å². The summed E-state index contributed by atoms with van der Waals surface area (Å²) in [6.45, 7) is 3.65. The summed E-state index contributed by atoms with van der Waals surface area (Å²) in [6, 6.07) is 19.9. The van der Waals surface area contributed by atoms with Gasteiger partial charge in [-0.1, -0.05) is 42.5 Å². The van der Waals surface area contributed by atoms with Crippen LogP contribution in [0.3, 0.4) is 0 Å². The minimum absolute atomic E-state index is 0.0587. The summed E-state index contributed by atoms with van der Waals surface area (Å²) in [4.78, 5) is 23.4. The third-order valence-electron chi connectivity index (χ3n) is 5.21. The van der Waals surface area contributed by atoms with Crippen LogP contribution in [0.2, 0.25) is 0 Å². The van der Waals surface area contributed by atoms with Gasteiger partial charge < -0.3 is 10.2 Å². The second-order valence-electron chi connectivity index (χ2n) is 7.11. The topological polar surface area (TPSA) is 58.1 Å². The quantitative estimate of drug-likeness (QED) is 0.721. The molecule has 0 bridgehead atoms. The number of benzene rings is 2. The van der Waals surface area contributed by atoms with Crippen molar-refractivity contribution in [3.05, 3.63) is 84.2 Å².